The van der Waals surface area contributed by atoms with Gasteiger partial charge in [-0.25, -0.2) is 9.79 Å². The molecule has 2 aromatic rings. The highest BCUT2D eigenvalue weighted by molar-refractivity contribution is 8.18. The second-order valence-electron chi connectivity index (χ2n) is 7.25. The van der Waals surface area contributed by atoms with Crippen LogP contribution >= 0.6 is 11.8 Å². The molecular formula is C24H27N3O3S. The lowest BCUT2D eigenvalue weighted by Gasteiger charge is -2.20. The molecular weight excluding hydrogens is 410 g/mol. The second kappa shape index (κ2) is 10.3. The van der Waals surface area contributed by atoms with Crippen molar-refractivity contribution >= 4 is 46.3 Å². The number of ether oxygens (including phenoxy) is 1. The molecule has 1 heterocycles. The van der Waals surface area contributed by atoms with Gasteiger partial charge in [0.05, 0.1) is 22.3 Å². The monoisotopic (exact) mass is 437 g/mol. The van der Waals surface area contributed by atoms with Gasteiger partial charge in [0.2, 0.25) is 0 Å². The molecule has 2 aromatic carbocycles. The van der Waals surface area contributed by atoms with Crippen molar-refractivity contribution in [3.05, 3.63) is 64.6 Å². The van der Waals surface area contributed by atoms with Crippen molar-refractivity contribution in [2.75, 3.05) is 18.0 Å². The first-order valence-electron chi connectivity index (χ1n) is 10.3. The molecule has 7 heteroatoms. The van der Waals surface area contributed by atoms with E-state index in [0.29, 0.717) is 21.3 Å². The standard InChI is InChI=1S/C24H27N3O3S/c1-5-27(6-2)20-12-10-17(11-13-20)14-21-22(28)26-24(31-21)25-19-9-7-8-18(15-19)23(29)30-16(3)4/h7-16H,5-6H2,1-4H3,(H,25,26,28)/b21-14+. The van der Waals surface area contributed by atoms with Crippen molar-refractivity contribution in [2.45, 2.75) is 33.8 Å². The van der Waals surface area contributed by atoms with Gasteiger partial charge in [0.15, 0.2) is 5.17 Å². The second-order valence-corrected chi connectivity index (χ2v) is 8.28. The summed E-state index contributed by atoms with van der Waals surface area (Å²) in [6, 6.07) is 15.0. The van der Waals surface area contributed by atoms with E-state index >= 15 is 0 Å². The molecule has 0 radical (unpaired) electrons. The van der Waals surface area contributed by atoms with E-state index in [1.165, 1.54) is 11.8 Å². The van der Waals surface area contributed by atoms with Crippen LogP contribution in [0.1, 0.15) is 43.6 Å². The molecule has 6 nitrogen and oxygen atoms in total. The summed E-state index contributed by atoms with van der Waals surface area (Å²) in [6.07, 6.45) is 1.66. The van der Waals surface area contributed by atoms with E-state index in [4.69, 9.17) is 4.74 Å². The number of aliphatic imine (C=N–C) groups is 1. The summed E-state index contributed by atoms with van der Waals surface area (Å²) < 4.78 is 5.22. The number of amidine groups is 1. The fourth-order valence-corrected chi connectivity index (χ4v) is 3.95. The fraction of sp³-hybridized carbons (Fsp3) is 0.292. The highest BCUT2D eigenvalue weighted by Gasteiger charge is 2.24. The van der Waals surface area contributed by atoms with Crippen LogP contribution in [0.25, 0.3) is 6.08 Å². The number of hydrogen-bond acceptors (Lipinski definition) is 6. The zero-order valence-electron chi connectivity index (χ0n) is 18.2. The third kappa shape index (κ3) is 5.98. The van der Waals surface area contributed by atoms with Gasteiger partial charge >= 0.3 is 5.97 Å². The maximum Gasteiger partial charge on any atom is 0.338 e. The van der Waals surface area contributed by atoms with E-state index in [1.54, 1.807) is 38.1 Å². The number of nitrogens with one attached hydrogen (secondary N) is 1. The molecule has 0 spiro atoms. The number of carbonyl (C=O) groups is 2. The first-order chi connectivity index (χ1) is 14.9. The van der Waals surface area contributed by atoms with Gasteiger partial charge in [-0.15, -0.1) is 0 Å². The smallest absolute Gasteiger partial charge is 0.338 e. The molecule has 0 aliphatic carbocycles. The average molecular weight is 438 g/mol. The van der Waals surface area contributed by atoms with Crippen molar-refractivity contribution in [2.24, 2.45) is 4.99 Å². The molecule has 1 fully saturated rings. The van der Waals surface area contributed by atoms with Crippen molar-refractivity contribution < 1.29 is 14.3 Å². The Morgan fingerprint density at radius 2 is 1.87 bits per heavy atom. The molecule has 1 aliphatic rings. The lowest BCUT2D eigenvalue weighted by Crippen LogP contribution is -2.21. The number of thioether (sulfide) groups is 1. The maximum atomic E-state index is 12.4. The summed E-state index contributed by atoms with van der Waals surface area (Å²) in [4.78, 5) is 31.8. The highest BCUT2D eigenvalue weighted by Crippen LogP contribution is 2.29. The Morgan fingerprint density at radius 1 is 1.16 bits per heavy atom. The minimum atomic E-state index is -0.395. The maximum absolute atomic E-state index is 12.4. The van der Waals surface area contributed by atoms with Crippen LogP contribution in [0.3, 0.4) is 0 Å². The molecule has 31 heavy (non-hydrogen) atoms. The van der Waals surface area contributed by atoms with E-state index in [-0.39, 0.29) is 12.0 Å². The van der Waals surface area contributed by atoms with Crippen molar-refractivity contribution in [3.8, 4) is 0 Å². The first-order valence-corrected chi connectivity index (χ1v) is 11.2. The molecule has 0 bridgehead atoms. The minimum Gasteiger partial charge on any atom is -0.459 e. The number of amides is 1. The molecule has 1 N–H and O–H groups in total. The minimum absolute atomic E-state index is 0.188. The molecule has 1 amide bonds. The number of esters is 1. The third-order valence-corrected chi connectivity index (χ3v) is 5.54. The lowest BCUT2D eigenvalue weighted by molar-refractivity contribution is -0.115. The van der Waals surface area contributed by atoms with E-state index in [9.17, 15) is 9.59 Å². The van der Waals surface area contributed by atoms with Crippen LogP contribution < -0.4 is 10.2 Å². The van der Waals surface area contributed by atoms with Crippen LogP contribution in [0.5, 0.6) is 0 Å². The highest BCUT2D eigenvalue weighted by atomic mass is 32.2. The van der Waals surface area contributed by atoms with Crippen LogP contribution in [0.4, 0.5) is 11.4 Å². The Kier molecular flexibility index (Phi) is 7.52. The number of anilines is 1. The van der Waals surface area contributed by atoms with Gasteiger partial charge in [0, 0.05) is 18.8 Å². The van der Waals surface area contributed by atoms with Crippen molar-refractivity contribution in [3.63, 3.8) is 0 Å². The summed E-state index contributed by atoms with van der Waals surface area (Å²) in [6.45, 7) is 9.76. The molecule has 162 valence electrons. The molecule has 0 saturated carbocycles. The van der Waals surface area contributed by atoms with Gasteiger partial charge < -0.3 is 15.0 Å². The van der Waals surface area contributed by atoms with Gasteiger partial charge in [0.25, 0.3) is 5.91 Å². The zero-order valence-corrected chi connectivity index (χ0v) is 19.0. The number of rotatable bonds is 7. The summed E-state index contributed by atoms with van der Waals surface area (Å²) >= 11 is 1.28. The summed E-state index contributed by atoms with van der Waals surface area (Å²) in [5.41, 5.74) is 3.11. The van der Waals surface area contributed by atoms with Crippen molar-refractivity contribution in [1.29, 1.82) is 0 Å². The zero-order chi connectivity index (χ0) is 22.4. The normalized spacial score (nSPS) is 16.1. The topological polar surface area (TPSA) is 71.0 Å². The van der Waals surface area contributed by atoms with E-state index < -0.39 is 5.97 Å². The number of nitrogens with zero attached hydrogens (tertiary/aromatic N) is 2. The first kappa shape index (κ1) is 22.6. The van der Waals surface area contributed by atoms with Gasteiger partial charge in [-0.05, 0) is 81.4 Å². The summed E-state index contributed by atoms with van der Waals surface area (Å²) in [7, 11) is 0. The Morgan fingerprint density at radius 3 is 2.52 bits per heavy atom. The van der Waals surface area contributed by atoms with Crippen molar-refractivity contribution in [1.82, 2.24) is 5.32 Å². The molecule has 0 atom stereocenters. The van der Waals surface area contributed by atoms with E-state index in [0.717, 1.165) is 24.3 Å². The predicted molar refractivity (Wildman–Crippen MR) is 128 cm³/mol. The Hall–Kier alpha value is -3.06. The Balaban J connectivity index is 1.74. The average Bonchev–Trinajstić information content (AvgIpc) is 3.08. The Bertz CT molecular complexity index is 1010. The van der Waals surface area contributed by atoms with Gasteiger partial charge in [-0.2, -0.15) is 0 Å². The van der Waals surface area contributed by atoms with E-state index in [1.807, 2.05) is 18.2 Å². The predicted octanol–water partition coefficient (Wildman–Crippen LogP) is 4.99. The molecule has 0 aromatic heterocycles. The van der Waals surface area contributed by atoms with Crippen LogP contribution in [0, 0.1) is 0 Å². The largest absolute Gasteiger partial charge is 0.459 e. The third-order valence-electron chi connectivity index (χ3n) is 4.63. The SMILES string of the molecule is CCN(CC)c1ccc(/C=C2/SC(=Nc3cccc(C(=O)OC(C)C)c3)NC2=O)cc1. The van der Waals surface area contributed by atoms with Crippen LogP contribution in [-0.2, 0) is 9.53 Å². The van der Waals surface area contributed by atoms with Crippen LogP contribution in [0.2, 0.25) is 0 Å². The Labute approximate surface area is 187 Å². The van der Waals surface area contributed by atoms with E-state index in [2.05, 4.69) is 41.2 Å². The quantitative estimate of drug-likeness (QED) is 0.488. The number of hydrogen-bond donors (Lipinski definition) is 1. The number of benzene rings is 2. The van der Waals surface area contributed by atoms with Crippen LogP contribution in [-0.4, -0.2) is 36.2 Å². The van der Waals surface area contributed by atoms with Gasteiger partial charge in [0.1, 0.15) is 0 Å². The lowest BCUT2D eigenvalue weighted by atomic mass is 10.1. The molecule has 1 aliphatic heterocycles. The summed E-state index contributed by atoms with van der Waals surface area (Å²) in [5.74, 6) is -0.583. The molecule has 0 unspecified atom stereocenters. The fourth-order valence-electron chi connectivity index (χ4n) is 3.10. The molecule has 1 saturated heterocycles. The van der Waals surface area contributed by atoms with Crippen LogP contribution in [0.15, 0.2) is 58.4 Å². The van der Waals surface area contributed by atoms with Gasteiger partial charge in [-0.1, -0.05) is 18.2 Å². The summed E-state index contributed by atoms with van der Waals surface area (Å²) in [5, 5.41) is 3.26. The number of carbonyl (C=O) groups excluding carboxylic acids is 2. The van der Waals surface area contributed by atoms with Gasteiger partial charge in [-0.3, -0.25) is 4.79 Å². The molecule has 3 rings (SSSR count).